The zero-order valence-corrected chi connectivity index (χ0v) is 14.8. The number of rotatable bonds is 2. The first-order chi connectivity index (χ1) is 11.5. The topological polar surface area (TPSA) is 44.7 Å². The lowest BCUT2D eigenvalue weighted by Gasteiger charge is -2.41. The van der Waals surface area contributed by atoms with Crippen LogP contribution in [-0.2, 0) is 4.79 Å². The van der Waals surface area contributed by atoms with E-state index >= 15 is 0 Å². The average molecular weight is 355 g/mol. The Balaban J connectivity index is 1.81. The van der Waals surface area contributed by atoms with E-state index in [1.54, 1.807) is 0 Å². The Kier molecular flexibility index (Phi) is 4.45. The number of halogens is 3. The summed E-state index contributed by atoms with van der Waals surface area (Å²) in [6, 6.07) is -0.283. The average Bonchev–Trinajstić information content (AvgIpc) is 2.71. The maximum Gasteiger partial charge on any atom is 0.412 e. The molecule has 1 heterocycles. The molecule has 0 bridgehead atoms. The number of alkyl halides is 3. The summed E-state index contributed by atoms with van der Waals surface area (Å²) >= 11 is 0. The quantitative estimate of drug-likeness (QED) is 0.816. The number of carbonyl (C=O) groups is 1. The van der Waals surface area contributed by atoms with Gasteiger partial charge in [0.25, 0.3) is 0 Å². The van der Waals surface area contributed by atoms with E-state index in [9.17, 15) is 18.0 Å². The fourth-order valence-corrected chi connectivity index (χ4v) is 3.40. The predicted molar refractivity (Wildman–Crippen MR) is 89.8 cm³/mol. The smallest absolute Gasteiger partial charge is 0.330 e. The second-order valence-electron chi connectivity index (χ2n) is 8.21. The second kappa shape index (κ2) is 6.18. The summed E-state index contributed by atoms with van der Waals surface area (Å²) in [6.07, 6.45) is 1.32. The zero-order valence-electron chi connectivity index (χ0n) is 14.8. The number of nitrogens with zero attached hydrogens (tertiary/aromatic N) is 2. The Morgan fingerprint density at radius 3 is 2.48 bits per heavy atom. The Morgan fingerprint density at radius 2 is 1.96 bits per heavy atom. The summed E-state index contributed by atoms with van der Waals surface area (Å²) in [5.74, 6) is 0.255. The van der Waals surface area contributed by atoms with Gasteiger partial charge in [-0.05, 0) is 30.8 Å². The minimum atomic E-state index is -4.33. The van der Waals surface area contributed by atoms with Gasteiger partial charge in [0.05, 0.1) is 11.7 Å². The van der Waals surface area contributed by atoms with Crippen LogP contribution in [0.1, 0.15) is 52.9 Å². The van der Waals surface area contributed by atoms with Gasteiger partial charge in [-0.25, -0.2) is 4.99 Å². The van der Waals surface area contributed by atoms with Crippen molar-refractivity contribution in [2.75, 3.05) is 0 Å². The van der Waals surface area contributed by atoms with Crippen LogP contribution < -0.4 is 5.32 Å². The maximum atomic E-state index is 13.1. The van der Waals surface area contributed by atoms with Gasteiger partial charge in [0.2, 0.25) is 11.9 Å². The van der Waals surface area contributed by atoms with Crippen molar-refractivity contribution in [3.05, 3.63) is 23.4 Å². The van der Waals surface area contributed by atoms with Gasteiger partial charge >= 0.3 is 6.18 Å². The van der Waals surface area contributed by atoms with Gasteiger partial charge in [0.1, 0.15) is 0 Å². The van der Waals surface area contributed by atoms with Gasteiger partial charge in [-0.1, -0.05) is 26.8 Å². The van der Waals surface area contributed by atoms with E-state index < -0.39 is 17.8 Å². The summed E-state index contributed by atoms with van der Waals surface area (Å²) < 4.78 is 39.3. The van der Waals surface area contributed by atoms with E-state index in [0.717, 1.165) is 25.3 Å². The minimum Gasteiger partial charge on any atom is -0.330 e. The lowest BCUT2D eigenvalue weighted by atomic mass is 9.88. The molecule has 0 aromatic heterocycles. The van der Waals surface area contributed by atoms with Gasteiger partial charge in [-0.15, -0.1) is 0 Å². The Morgan fingerprint density at radius 1 is 1.28 bits per heavy atom. The summed E-state index contributed by atoms with van der Waals surface area (Å²) in [4.78, 5) is 18.6. The van der Waals surface area contributed by atoms with Crippen molar-refractivity contribution >= 4 is 11.9 Å². The van der Waals surface area contributed by atoms with Crippen molar-refractivity contribution < 1.29 is 18.0 Å². The van der Waals surface area contributed by atoms with Gasteiger partial charge in [-0.3, -0.25) is 10.1 Å². The largest absolute Gasteiger partial charge is 0.412 e. The highest BCUT2D eigenvalue weighted by atomic mass is 19.4. The summed E-state index contributed by atoms with van der Waals surface area (Å²) in [7, 11) is 0. The lowest BCUT2D eigenvalue weighted by Crippen LogP contribution is -2.53. The normalized spacial score (nSPS) is 24.2. The van der Waals surface area contributed by atoms with Gasteiger partial charge < -0.3 is 4.90 Å². The molecule has 1 amide bonds. The first-order valence-electron chi connectivity index (χ1n) is 8.69. The molecular weight excluding hydrogens is 331 g/mol. The highest BCUT2D eigenvalue weighted by Gasteiger charge is 2.45. The number of nitrogens with one attached hydrogen (secondary N) is 1. The Bertz CT molecular complexity index is 651. The van der Waals surface area contributed by atoms with Gasteiger partial charge in [0.15, 0.2) is 0 Å². The standard InChI is InChI=1S/C18H24F3N3O/c1-17(2,3)10-15(25)23-16-22-13-8-7-11(18(19,20)21)9-14(13)24(16)12-5-4-6-12/h7-8,12,14H,4-6,9-10H2,1-3H3,(H,22,23,25). The fraction of sp³-hybridized carbons (Fsp3) is 0.667. The van der Waals surface area contributed by atoms with Crippen LogP contribution in [0.25, 0.3) is 0 Å². The summed E-state index contributed by atoms with van der Waals surface area (Å²) in [5, 5.41) is 2.84. The first kappa shape index (κ1) is 18.0. The minimum absolute atomic E-state index is 0.117. The highest BCUT2D eigenvalue weighted by Crippen LogP contribution is 2.40. The number of carbonyl (C=O) groups excluding carboxylic acids is 1. The third-order valence-electron chi connectivity index (χ3n) is 4.80. The molecule has 1 N–H and O–H groups in total. The molecule has 25 heavy (non-hydrogen) atoms. The van der Waals surface area contributed by atoms with Crippen LogP contribution in [0.5, 0.6) is 0 Å². The third kappa shape index (κ3) is 3.90. The van der Waals surface area contributed by atoms with E-state index in [2.05, 4.69) is 10.3 Å². The molecule has 2 aliphatic carbocycles. The molecule has 0 aromatic rings. The van der Waals surface area contributed by atoms with Crippen LogP contribution in [0, 0.1) is 5.41 Å². The van der Waals surface area contributed by atoms with Crippen LogP contribution in [0.2, 0.25) is 0 Å². The van der Waals surface area contributed by atoms with E-state index in [1.165, 1.54) is 6.08 Å². The van der Waals surface area contributed by atoms with E-state index in [4.69, 9.17) is 0 Å². The predicted octanol–water partition coefficient (Wildman–Crippen LogP) is 3.91. The summed E-state index contributed by atoms with van der Waals surface area (Å²) in [5.41, 5.74) is -0.101. The van der Waals surface area contributed by atoms with Gasteiger partial charge in [0, 0.05) is 24.5 Å². The molecule has 4 nitrogen and oxygen atoms in total. The lowest BCUT2D eigenvalue weighted by molar-refractivity contribution is -0.121. The first-order valence-corrected chi connectivity index (χ1v) is 8.69. The molecule has 7 heteroatoms. The van der Waals surface area contributed by atoms with Crippen molar-refractivity contribution in [1.29, 1.82) is 0 Å². The molecule has 1 unspecified atom stereocenters. The second-order valence-corrected chi connectivity index (χ2v) is 8.21. The van der Waals surface area contributed by atoms with Crippen LogP contribution in [-0.4, -0.2) is 35.0 Å². The van der Waals surface area contributed by atoms with Gasteiger partial charge in [-0.2, -0.15) is 13.2 Å². The molecule has 1 fully saturated rings. The van der Waals surface area contributed by atoms with E-state index in [0.29, 0.717) is 18.1 Å². The number of fused-ring (bicyclic) bond motifs is 1. The van der Waals surface area contributed by atoms with Crippen LogP contribution in [0.3, 0.4) is 0 Å². The Hall–Kier alpha value is -1.79. The number of hydrogen-bond acceptors (Lipinski definition) is 3. The summed E-state index contributed by atoms with van der Waals surface area (Å²) in [6.45, 7) is 5.90. The number of aliphatic imine (C=N–C) groups is 1. The number of guanidine groups is 1. The van der Waals surface area contributed by atoms with Crippen molar-refractivity contribution in [2.24, 2.45) is 10.4 Å². The van der Waals surface area contributed by atoms with Crippen LogP contribution in [0.4, 0.5) is 13.2 Å². The fourth-order valence-electron chi connectivity index (χ4n) is 3.40. The highest BCUT2D eigenvalue weighted by molar-refractivity contribution is 5.99. The molecule has 1 aliphatic heterocycles. The molecular formula is C18H24F3N3O. The molecule has 3 rings (SSSR count). The van der Waals surface area contributed by atoms with Crippen LogP contribution >= 0.6 is 0 Å². The van der Waals surface area contributed by atoms with Crippen molar-refractivity contribution in [3.63, 3.8) is 0 Å². The third-order valence-corrected chi connectivity index (χ3v) is 4.80. The molecule has 1 saturated carbocycles. The van der Waals surface area contributed by atoms with E-state index in [1.807, 2.05) is 25.7 Å². The zero-order chi connectivity index (χ0) is 18.4. The van der Waals surface area contributed by atoms with Crippen LogP contribution in [0.15, 0.2) is 28.4 Å². The van der Waals surface area contributed by atoms with Crippen molar-refractivity contribution in [2.45, 2.75) is 71.1 Å². The molecule has 0 radical (unpaired) electrons. The van der Waals surface area contributed by atoms with E-state index in [-0.39, 0.29) is 23.8 Å². The van der Waals surface area contributed by atoms with Crippen molar-refractivity contribution in [3.8, 4) is 0 Å². The van der Waals surface area contributed by atoms with Crippen molar-refractivity contribution in [1.82, 2.24) is 10.2 Å². The molecule has 138 valence electrons. The monoisotopic (exact) mass is 355 g/mol. The molecule has 1 atom stereocenters. The molecule has 0 aromatic carbocycles. The Labute approximate surface area is 145 Å². The molecule has 3 aliphatic rings. The number of amides is 1. The maximum absolute atomic E-state index is 13.1. The number of hydrogen-bond donors (Lipinski definition) is 1. The molecule has 0 spiro atoms. The molecule has 0 saturated heterocycles. The SMILES string of the molecule is CC(C)(C)CC(=O)NC1=NC2=CC=C(C(F)(F)F)CC2N1C1CCC1. The number of allylic oxidation sites excluding steroid dienone is 2.